The van der Waals surface area contributed by atoms with E-state index < -0.39 is 5.60 Å². The number of benzene rings is 1. The van der Waals surface area contributed by atoms with Gasteiger partial charge in [-0.15, -0.1) is 0 Å². The van der Waals surface area contributed by atoms with Crippen molar-refractivity contribution >= 4 is 16.9 Å². The summed E-state index contributed by atoms with van der Waals surface area (Å²) in [6, 6.07) is 8.94. The summed E-state index contributed by atoms with van der Waals surface area (Å²) in [6.45, 7) is 6.46. The Morgan fingerprint density at radius 3 is 2.78 bits per heavy atom. The van der Waals surface area contributed by atoms with Crippen LogP contribution in [0.5, 0.6) is 0 Å². The van der Waals surface area contributed by atoms with Crippen LogP contribution in [0.1, 0.15) is 38.4 Å². The van der Waals surface area contributed by atoms with E-state index in [9.17, 15) is 4.79 Å². The number of carbonyl (C=O) groups excluding carboxylic acids is 1. The molecule has 3 rings (SSSR count). The Bertz CT molecular complexity index is 712. The molecule has 1 aliphatic rings. The van der Waals surface area contributed by atoms with Gasteiger partial charge >= 0.3 is 5.97 Å². The van der Waals surface area contributed by atoms with Gasteiger partial charge in [0.15, 0.2) is 0 Å². The zero-order valence-electron chi connectivity index (χ0n) is 14.5. The van der Waals surface area contributed by atoms with Gasteiger partial charge in [-0.2, -0.15) is 0 Å². The molecule has 0 bridgehead atoms. The van der Waals surface area contributed by atoms with E-state index in [-0.39, 0.29) is 5.97 Å². The molecular weight excluding hydrogens is 288 g/mol. The lowest BCUT2D eigenvalue weighted by molar-refractivity contribution is -0.155. The first-order valence-corrected chi connectivity index (χ1v) is 8.34. The van der Waals surface area contributed by atoms with Crippen molar-refractivity contribution in [3.05, 3.63) is 35.5 Å². The number of H-pyrrole nitrogens is 1. The molecule has 0 fully saturated rings. The molecule has 1 aliphatic carbocycles. The second-order valence-corrected chi connectivity index (χ2v) is 7.51. The quantitative estimate of drug-likeness (QED) is 0.881. The number of para-hydroxylation sites is 1. The molecule has 4 heteroatoms. The predicted octanol–water partition coefficient (Wildman–Crippen LogP) is 3.30. The number of nitrogens with one attached hydrogen (secondary N) is 1. The molecule has 1 aromatic heterocycles. The molecule has 23 heavy (non-hydrogen) atoms. The first-order valence-electron chi connectivity index (χ1n) is 8.34. The van der Waals surface area contributed by atoms with Crippen LogP contribution < -0.4 is 0 Å². The number of carbonyl (C=O) groups is 1. The summed E-state index contributed by atoms with van der Waals surface area (Å²) in [5, 5.41) is 1.34. The van der Waals surface area contributed by atoms with Crippen LogP contribution in [0, 0.1) is 0 Å². The Labute approximate surface area is 137 Å². The van der Waals surface area contributed by atoms with Crippen LogP contribution in [0.4, 0.5) is 0 Å². The summed E-state index contributed by atoms with van der Waals surface area (Å²) in [5.74, 6) is -0.119. The van der Waals surface area contributed by atoms with Gasteiger partial charge in [-0.1, -0.05) is 18.2 Å². The standard InChI is InChI=1S/C19H26N2O2/c1-19(2,3)23-18(22)9-10-21(4)13-11-15-14-7-5-6-8-16(14)20-17(15)12-13/h5-8,13,20H,9-12H2,1-4H3/t13-/m1/s1. The molecule has 124 valence electrons. The lowest BCUT2D eigenvalue weighted by Crippen LogP contribution is -2.35. The summed E-state index contributed by atoms with van der Waals surface area (Å²) in [6.07, 6.45) is 2.51. The molecule has 1 aromatic carbocycles. The number of aromatic amines is 1. The highest BCUT2D eigenvalue weighted by Crippen LogP contribution is 2.31. The Morgan fingerprint density at radius 1 is 1.30 bits per heavy atom. The zero-order chi connectivity index (χ0) is 16.6. The van der Waals surface area contributed by atoms with Crippen molar-refractivity contribution in [2.24, 2.45) is 0 Å². The molecule has 0 unspecified atom stereocenters. The third kappa shape index (κ3) is 3.58. The largest absolute Gasteiger partial charge is 0.460 e. The molecule has 0 amide bonds. The van der Waals surface area contributed by atoms with Crippen molar-refractivity contribution in [1.82, 2.24) is 9.88 Å². The Morgan fingerprint density at radius 2 is 2.04 bits per heavy atom. The maximum atomic E-state index is 11.9. The van der Waals surface area contributed by atoms with E-state index in [0.717, 1.165) is 19.4 Å². The van der Waals surface area contributed by atoms with E-state index in [1.54, 1.807) is 0 Å². The van der Waals surface area contributed by atoms with E-state index in [2.05, 4.69) is 41.2 Å². The Kier molecular flexibility index (Phi) is 4.19. The fourth-order valence-corrected chi connectivity index (χ4v) is 3.36. The molecule has 4 nitrogen and oxygen atoms in total. The minimum absolute atomic E-state index is 0.119. The summed E-state index contributed by atoms with van der Waals surface area (Å²) >= 11 is 0. The molecule has 0 spiro atoms. The van der Waals surface area contributed by atoms with Crippen LogP contribution in [0.3, 0.4) is 0 Å². The molecular formula is C19H26N2O2. The minimum atomic E-state index is -0.403. The van der Waals surface area contributed by atoms with Gasteiger partial charge in [-0.3, -0.25) is 4.79 Å². The molecule has 0 saturated carbocycles. The maximum absolute atomic E-state index is 11.9. The van der Waals surface area contributed by atoms with Gasteiger partial charge in [-0.25, -0.2) is 0 Å². The molecule has 0 radical (unpaired) electrons. The number of hydrogen-bond donors (Lipinski definition) is 1. The van der Waals surface area contributed by atoms with Crippen molar-refractivity contribution in [1.29, 1.82) is 0 Å². The van der Waals surface area contributed by atoms with Crippen molar-refractivity contribution < 1.29 is 9.53 Å². The van der Waals surface area contributed by atoms with E-state index in [1.807, 2.05) is 20.8 Å². The predicted molar refractivity (Wildman–Crippen MR) is 92.6 cm³/mol. The number of aromatic nitrogens is 1. The number of fused-ring (bicyclic) bond motifs is 3. The number of ether oxygens (including phenoxy) is 1. The Hall–Kier alpha value is -1.81. The van der Waals surface area contributed by atoms with Gasteiger partial charge < -0.3 is 14.6 Å². The normalized spacial score (nSPS) is 17.7. The summed E-state index contributed by atoms with van der Waals surface area (Å²) in [7, 11) is 2.10. The second-order valence-electron chi connectivity index (χ2n) is 7.51. The summed E-state index contributed by atoms with van der Waals surface area (Å²) in [4.78, 5) is 17.7. The number of rotatable bonds is 4. The van der Waals surface area contributed by atoms with Crippen LogP contribution in [0.25, 0.3) is 10.9 Å². The molecule has 1 N–H and O–H groups in total. The average molecular weight is 314 g/mol. The van der Waals surface area contributed by atoms with Crippen LogP contribution in [-0.2, 0) is 22.4 Å². The fourth-order valence-electron chi connectivity index (χ4n) is 3.36. The topological polar surface area (TPSA) is 45.3 Å². The van der Waals surface area contributed by atoms with Crippen molar-refractivity contribution in [3.8, 4) is 0 Å². The summed E-state index contributed by atoms with van der Waals surface area (Å²) < 4.78 is 5.38. The van der Waals surface area contributed by atoms with Gasteiger partial charge in [0.1, 0.15) is 5.60 Å². The van der Waals surface area contributed by atoms with Crippen molar-refractivity contribution in [2.75, 3.05) is 13.6 Å². The minimum Gasteiger partial charge on any atom is -0.460 e. The van der Waals surface area contributed by atoms with Gasteiger partial charge in [0.2, 0.25) is 0 Å². The third-order valence-corrected chi connectivity index (χ3v) is 4.49. The SMILES string of the molecule is CN(CCC(=O)OC(C)(C)C)[C@H]1Cc2[nH]c3ccccc3c2C1. The number of likely N-dealkylation sites (N-methyl/N-ethyl adjacent to an activating group) is 1. The highest BCUT2D eigenvalue weighted by molar-refractivity contribution is 5.85. The summed E-state index contributed by atoms with van der Waals surface area (Å²) in [5.41, 5.74) is 3.61. The van der Waals surface area contributed by atoms with E-state index >= 15 is 0 Å². The Balaban J connectivity index is 1.58. The molecule has 0 saturated heterocycles. The van der Waals surface area contributed by atoms with Gasteiger partial charge in [0.05, 0.1) is 6.42 Å². The van der Waals surface area contributed by atoms with Crippen LogP contribution in [0.15, 0.2) is 24.3 Å². The number of esters is 1. The second kappa shape index (κ2) is 6.00. The highest BCUT2D eigenvalue weighted by Gasteiger charge is 2.28. The molecule has 2 aromatic rings. The van der Waals surface area contributed by atoms with E-state index in [4.69, 9.17) is 4.74 Å². The number of hydrogen-bond acceptors (Lipinski definition) is 3. The number of nitrogens with zero attached hydrogens (tertiary/aromatic N) is 1. The first-order chi connectivity index (χ1) is 10.8. The highest BCUT2D eigenvalue weighted by atomic mass is 16.6. The average Bonchev–Trinajstić information content (AvgIpc) is 3.00. The lowest BCUT2D eigenvalue weighted by Gasteiger charge is -2.25. The van der Waals surface area contributed by atoms with Gasteiger partial charge in [0.25, 0.3) is 0 Å². The van der Waals surface area contributed by atoms with Gasteiger partial charge in [-0.05, 0) is 45.9 Å². The maximum Gasteiger partial charge on any atom is 0.307 e. The van der Waals surface area contributed by atoms with Crippen molar-refractivity contribution in [3.63, 3.8) is 0 Å². The first kappa shape index (κ1) is 16.1. The van der Waals surface area contributed by atoms with Gasteiger partial charge in [0, 0.05) is 35.6 Å². The van der Waals surface area contributed by atoms with Crippen LogP contribution in [-0.4, -0.2) is 41.1 Å². The lowest BCUT2D eigenvalue weighted by atomic mass is 10.1. The molecule has 1 heterocycles. The van der Waals surface area contributed by atoms with Crippen LogP contribution in [0.2, 0.25) is 0 Å². The smallest absolute Gasteiger partial charge is 0.307 e. The molecule has 1 atom stereocenters. The van der Waals surface area contributed by atoms with Crippen LogP contribution >= 0.6 is 0 Å². The molecule has 0 aliphatic heterocycles. The fraction of sp³-hybridized carbons (Fsp3) is 0.526. The monoisotopic (exact) mass is 314 g/mol. The zero-order valence-corrected chi connectivity index (χ0v) is 14.5. The third-order valence-electron chi connectivity index (χ3n) is 4.49. The van der Waals surface area contributed by atoms with Crippen molar-refractivity contribution in [2.45, 2.75) is 51.7 Å². The van der Waals surface area contributed by atoms with E-state index in [0.29, 0.717) is 12.5 Å². The van der Waals surface area contributed by atoms with E-state index in [1.165, 1.54) is 22.2 Å².